The number of unbranched alkanes of at least 4 members (excludes halogenated alkanes) is 2. The fourth-order valence-corrected chi connectivity index (χ4v) is 3.41. The van der Waals surface area contributed by atoms with Crippen molar-refractivity contribution in [1.82, 2.24) is 9.97 Å². The Balaban J connectivity index is 1.52. The molecular formula is C20H22Cl2N2. The molecule has 0 unspecified atom stereocenters. The van der Waals surface area contributed by atoms with E-state index in [1.807, 2.05) is 6.07 Å². The lowest BCUT2D eigenvalue weighted by atomic mass is 9.98. The molecule has 2 nitrogen and oxygen atoms in total. The first kappa shape index (κ1) is 17.3. The van der Waals surface area contributed by atoms with Crippen LogP contribution in [0.25, 0.3) is 11.0 Å². The van der Waals surface area contributed by atoms with Gasteiger partial charge >= 0.3 is 0 Å². The zero-order chi connectivity index (χ0) is 17.1. The number of rotatable bonds is 6. The number of aryl methyl sites for hydroxylation is 3. The topological polar surface area (TPSA) is 28.7 Å². The summed E-state index contributed by atoms with van der Waals surface area (Å²) < 4.78 is 0. The van der Waals surface area contributed by atoms with Crippen molar-refractivity contribution in [2.75, 3.05) is 0 Å². The molecule has 0 radical (unpaired) electrons. The van der Waals surface area contributed by atoms with Gasteiger partial charge in [0.1, 0.15) is 11.3 Å². The second-order valence-corrected chi connectivity index (χ2v) is 7.15. The molecule has 0 atom stereocenters. The minimum atomic E-state index is 0.534. The molecule has 24 heavy (non-hydrogen) atoms. The van der Waals surface area contributed by atoms with Gasteiger partial charge in [-0.05, 0) is 61.9 Å². The first-order valence-electron chi connectivity index (χ1n) is 8.44. The molecule has 0 amide bonds. The Bertz CT molecular complexity index is 852. The van der Waals surface area contributed by atoms with Gasteiger partial charge in [0.05, 0.1) is 15.6 Å². The van der Waals surface area contributed by atoms with Crippen molar-refractivity contribution in [3.8, 4) is 0 Å². The Morgan fingerprint density at radius 1 is 0.958 bits per heavy atom. The van der Waals surface area contributed by atoms with E-state index in [1.54, 1.807) is 6.07 Å². The molecule has 0 fully saturated rings. The second kappa shape index (κ2) is 7.58. The number of hydrogen-bond donors (Lipinski definition) is 1. The van der Waals surface area contributed by atoms with Crippen molar-refractivity contribution < 1.29 is 0 Å². The normalized spacial score (nSPS) is 11.3. The van der Waals surface area contributed by atoms with E-state index < -0.39 is 0 Å². The van der Waals surface area contributed by atoms with E-state index in [-0.39, 0.29) is 0 Å². The largest absolute Gasteiger partial charge is 0.342 e. The van der Waals surface area contributed by atoms with Crippen LogP contribution in [0, 0.1) is 13.8 Å². The number of hydrogen-bond acceptors (Lipinski definition) is 1. The van der Waals surface area contributed by atoms with Gasteiger partial charge in [-0.1, -0.05) is 47.8 Å². The molecule has 3 aromatic rings. The summed E-state index contributed by atoms with van der Waals surface area (Å²) in [5, 5.41) is 1.09. The Kier molecular flexibility index (Phi) is 5.47. The number of benzene rings is 2. The third kappa shape index (κ3) is 3.76. The van der Waals surface area contributed by atoms with Crippen LogP contribution < -0.4 is 0 Å². The third-order valence-corrected chi connectivity index (χ3v) is 5.47. The van der Waals surface area contributed by atoms with Crippen LogP contribution in [0.1, 0.15) is 41.8 Å². The van der Waals surface area contributed by atoms with E-state index >= 15 is 0 Å². The molecule has 0 aliphatic carbocycles. The van der Waals surface area contributed by atoms with Gasteiger partial charge in [0.25, 0.3) is 0 Å². The number of nitrogens with one attached hydrogen (secondary N) is 1. The Morgan fingerprint density at radius 3 is 2.58 bits per heavy atom. The van der Waals surface area contributed by atoms with Crippen LogP contribution in [0.15, 0.2) is 30.3 Å². The molecule has 1 aromatic heterocycles. The molecule has 3 rings (SSSR count). The van der Waals surface area contributed by atoms with E-state index in [0.29, 0.717) is 10.0 Å². The van der Waals surface area contributed by atoms with Gasteiger partial charge in [-0.3, -0.25) is 0 Å². The van der Waals surface area contributed by atoms with Crippen molar-refractivity contribution >= 4 is 34.2 Å². The molecule has 126 valence electrons. The number of imidazole rings is 1. The van der Waals surface area contributed by atoms with Crippen LogP contribution in [0.3, 0.4) is 0 Å². The highest BCUT2D eigenvalue weighted by molar-refractivity contribution is 6.44. The fourth-order valence-electron chi connectivity index (χ4n) is 3.05. The van der Waals surface area contributed by atoms with E-state index in [4.69, 9.17) is 23.2 Å². The first-order valence-corrected chi connectivity index (χ1v) is 9.19. The van der Waals surface area contributed by atoms with Crippen LogP contribution in [0.5, 0.6) is 0 Å². The van der Waals surface area contributed by atoms with Gasteiger partial charge in [-0.2, -0.15) is 0 Å². The van der Waals surface area contributed by atoms with Gasteiger partial charge < -0.3 is 4.98 Å². The summed E-state index contributed by atoms with van der Waals surface area (Å²) >= 11 is 12.2. The zero-order valence-electron chi connectivity index (χ0n) is 14.1. The average Bonchev–Trinajstić information content (AvgIpc) is 2.98. The van der Waals surface area contributed by atoms with E-state index in [9.17, 15) is 0 Å². The smallest absolute Gasteiger partial charge is 0.109 e. The molecule has 2 aromatic carbocycles. The SMILES string of the molecule is Cc1cccc(CCCCCc2nc3c(Cl)c(Cl)ccc3[nH]2)c1C. The molecule has 0 saturated heterocycles. The molecule has 0 aliphatic heterocycles. The van der Waals surface area contributed by atoms with E-state index in [2.05, 4.69) is 42.0 Å². The lowest BCUT2D eigenvalue weighted by molar-refractivity contribution is 0.665. The van der Waals surface area contributed by atoms with Gasteiger partial charge in [-0.15, -0.1) is 0 Å². The zero-order valence-corrected chi connectivity index (χ0v) is 15.6. The van der Waals surface area contributed by atoms with Gasteiger partial charge in [0.15, 0.2) is 0 Å². The molecule has 1 N–H and O–H groups in total. The molecule has 0 bridgehead atoms. The monoisotopic (exact) mass is 360 g/mol. The first-order chi connectivity index (χ1) is 11.6. The molecule has 0 spiro atoms. The van der Waals surface area contributed by atoms with Crippen LogP contribution in [0.2, 0.25) is 10.0 Å². The van der Waals surface area contributed by atoms with Crippen molar-refractivity contribution in [2.24, 2.45) is 0 Å². The molecular weight excluding hydrogens is 339 g/mol. The molecule has 0 aliphatic rings. The Labute approximate surface area is 153 Å². The highest BCUT2D eigenvalue weighted by Crippen LogP contribution is 2.29. The highest BCUT2D eigenvalue weighted by Gasteiger charge is 2.09. The maximum atomic E-state index is 6.20. The summed E-state index contributed by atoms with van der Waals surface area (Å²) in [6.45, 7) is 4.39. The number of aromatic amines is 1. The number of aromatic nitrogens is 2. The summed E-state index contributed by atoms with van der Waals surface area (Å²) in [7, 11) is 0. The summed E-state index contributed by atoms with van der Waals surface area (Å²) in [6, 6.07) is 10.3. The summed E-state index contributed by atoms with van der Waals surface area (Å²) in [4.78, 5) is 7.92. The predicted octanol–water partition coefficient (Wildman–Crippen LogP) is 6.44. The Hall–Kier alpha value is -1.51. The molecule has 0 saturated carbocycles. The number of fused-ring (bicyclic) bond motifs is 1. The van der Waals surface area contributed by atoms with E-state index in [1.165, 1.54) is 29.5 Å². The summed E-state index contributed by atoms with van der Waals surface area (Å²) in [6.07, 6.45) is 5.61. The minimum Gasteiger partial charge on any atom is -0.342 e. The highest BCUT2D eigenvalue weighted by atomic mass is 35.5. The maximum absolute atomic E-state index is 6.20. The maximum Gasteiger partial charge on any atom is 0.109 e. The Morgan fingerprint density at radius 2 is 1.75 bits per heavy atom. The van der Waals surface area contributed by atoms with Crippen molar-refractivity contribution in [3.63, 3.8) is 0 Å². The molecule has 1 heterocycles. The second-order valence-electron chi connectivity index (χ2n) is 6.36. The van der Waals surface area contributed by atoms with Crippen molar-refractivity contribution in [2.45, 2.75) is 46.0 Å². The predicted molar refractivity (Wildman–Crippen MR) is 103 cm³/mol. The lowest BCUT2D eigenvalue weighted by Gasteiger charge is -2.08. The van der Waals surface area contributed by atoms with E-state index in [0.717, 1.165) is 36.1 Å². The van der Waals surface area contributed by atoms with Crippen molar-refractivity contribution in [1.29, 1.82) is 0 Å². The summed E-state index contributed by atoms with van der Waals surface area (Å²) in [5.41, 5.74) is 6.01. The minimum absolute atomic E-state index is 0.534. The molecule has 4 heteroatoms. The van der Waals surface area contributed by atoms with Gasteiger partial charge in [0, 0.05) is 6.42 Å². The van der Waals surface area contributed by atoms with Crippen LogP contribution in [-0.4, -0.2) is 9.97 Å². The fraction of sp³-hybridized carbons (Fsp3) is 0.350. The average molecular weight is 361 g/mol. The number of H-pyrrole nitrogens is 1. The standard InChI is InChI=1S/C20H22Cl2N2/c1-13-7-6-9-15(14(13)2)8-4-3-5-10-18-23-17-12-11-16(21)19(22)20(17)24-18/h6-7,9,11-12H,3-5,8,10H2,1-2H3,(H,23,24). The van der Waals surface area contributed by atoms with Crippen LogP contribution in [0.4, 0.5) is 0 Å². The van der Waals surface area contributed by atoms with Crippen LogP contribution >= 0.6 is 23.2 Å². The summed E-state index contributed by atoms with van der Waals surface area (Å²) in [5.74, 6) is 0.987. The number of halogens is 2. The van der Waals surface area contributed by atoms with Crippen molar-refractivity contribution in [3.05, 3.63) is 62.9 Å². The third-order valence-electron chi connectivity index (χ3n) is 4.67. The van der Waals surface area contributed by atoms with Gasteiger partial charge in [-0.25, -0.2) is 4.98 Å². The number of nitrogens with zero attached hydrogens (tertiary/aromatic N) is 1. The van der Waals surface area contributed by atoms with Crippen LogP contribution in [-0.2, 0) is 12.8 Å². The quantitative estimate of drug-likeness (QED) is 0.503. The van der Waals surface area contributed by atoms with Gasteiger partial charge in [0.2, 0.25) is 0 Å². The lowest BCUT2D eigenvalue weighted by Crippen LogP contribution is -1.94.